The van der Waals surface area contributed by atoms with E-state index in [2.05, 4.69) is 10.3 Å². The van der Waals surface area contributed by atoms with Crippen molar-refractivity contribution in [1.82, 2.24) is 10.3 Å². The van der Waals surface area contributed by atoms with Crippen LogP contribution in [0, 0.1) is 12.8 Å². The number of amides is 1. The first-order valence-corrected chi connectivity index (χ1v) is 5.79. The minimum atomic E-state index is -2.50. The fourth-order valence-electron chi connectivity index (χ4n) is 1.85. The van der Waals surface area contributed by atoms with Gasteiger partial charge >= 0.3 is 0 Å². The number of aryl methyl sites for hydroxylation is 1. The smallest absolute Gasteiger partial charge is 0.255 e. The quantitative estimate of drug-likeness (QED) is 0.879. The van der Waals surface area contributed by atoms with E-state index in [9.17, 15) is 13.6 Å². The van der Waals surface area contributed by atoms with Crippen LogP contribution in [0.5, 0.6) is 0 Å². The van der Waals surface area contributed by atoms with Crippen LogP contribution in [0.25, 0.3) is 0 Å². The molecule has 0 aromatic carbocycles. The van der Waals surface area contributed by atoms with Gasteiger partial charge in [0.1, 0.15) is 5.82 Å². The number of nitrogens with one attached hydrogen (secondary N) is 1. The van der Waals surface area contributed by atoms with E-state index < -0.39 is 13.0 Å². The summed E-state index contributed by atoms with van der Waals surface area (Å²) in [5, 5.41) is 2.23. The maximum absolute atomic E-state index is 11.9. The van der Waals surface area contributed by atoms with Gasteiger partial charge in [0.2, 0.25) is 5.91 Å². The second kappa shape index (κ2) is 5.29. The van der Waals surface area contributed by atoms with Gasteiger partial charge in [0.25, 0.3) is 6.43 Å². The Morgan fingerprint density at radius 1 is 1.61 bits per heavy atom. The number of alkyl halides is 2. The predicted molar refractivity (Wildman–Crippen MR) is 63.7 cm³/mol. The van der Waals surface area contributed by atoms with Crippen LogP contribution in [-0.2, 0) is 4.79 Å². The highest BCUT2D eigenvalue weighted by atomic mass is 19.3. The highest BCUT2D eigenvalue weighted by molar-refractivity contribution is 5.81. The molecule has 4 nitrogen and oxygen atoms in total. The molecule has 98 valence electrons. The lowest BCUT2D eigenvalue weighted by atomic mass is 9.99. The average molecular weight is 255 g/mol. The number of pyridine rings is 1. The summed E-state index contributed by atoms with van der Waals surface area (Å²) in [6.07, 6.45) is -0.780. The van der Waals surface area contributed by atoms with Gasteiger partial charge in [0, 0.05) is 19.3 Å². The lowest BCUT2D eigenvalue weighted by molar-refractivity contribution is -0.126. The molecule has 1 amide bonds. The monoisotopic (exact) mass is 255 g/mol. The molecular formula is C12H15F2N3O. The van der Waals surface area contributed by atoms with Crippen molar-refractivity contribution in [1.29, 1.82) is 0 Å². The molecule has 2 heterocycles. The number of hydrogen-bond acceptors (Lipinski definition) is 3. The van der Waals surface area contributed by atoms with Crippen LogP contribution >= 0.6 is 0 Å². The van der Waals surface area contributed by atoms with Gasteiger partial charge in [-0.25, -0.2) is 13.8 Å². The fourth-order valence-corrected chi connectivity index (χ4v) is 1.85. The zero-order valence-electron chi connectivity index (χ0n) is 10.1. The van der Waals surface area contributed by atoms with Crippen molar-refractivity contribution in [2.24, 2.45) is 5.92 Å². The van der Waals surface area contributed by atoms with Crippen LogP contribution in [-0.4, -0.2) is 37.0 Å². The molecule has 0 saturated carbocycles. The third-order valence-electron chi connectivity index (χ3n) is 2.91. The maximum atomic E-state index is 11.9. The van der Waals surface area contributed by atoms with Crippen LogP contribution in [0.15, 0.2) is 18.3 Å². The van der Waals surface area contributed by atoms with Crippen LogP contribution in [0.4, 0.5) is 14.6 Å². The average Bonchev–Trinajstić information content (AvgIpc) is 2.24. The second-order valence-electron chi connectivity index (χ2n) is 4.43. The number of hydrogen-bond donors (Lipinski definition) is 1. The van der Waals surface area contributed by atoms with E-state index in [1.165, 1.54) is 0 Å². The summed E-state index contributed by atoms with van der Waals surface area (Å²) in [7, 11) is 0. The fraction of sp³-hybridized carbons (Fsp3) is 0.500. The number of aromatic nitrogens is 1. The summed E-state index contributed by atoms with van der Waals surface area (Å²) >= 11 is 0. The van der Waals surface area contributed by atoms with E-state index in [1.54, 1.807) is 6.20 Å². The first kappa shape index (κ1) is 12.7. The van der Waals surface area contributed by atoms with Gasteiger partial charge in [-0.1, -0.05) is 0 Å². The number of rotatable bonds is 4. The Hall–Kier alpha value is -1.72. The number of anilines is 1. The Bertz CT molecular complexity index is 433. The molecule has 1 saturated heterocycles. The standard InChI is InChI=1S/C12H15F2N3O/c1-8-2-3-15-11(4-8)17-6-9(7-17)12(18)16-5-10(13)14/h2-4,9-10H,5-7H2,1H3,(H,16,18). The van der Waals surface area contributed by atoms with E-state index >= 15 is 0 Å². The Labute approximate surface area is 104 Å². The minimum Gasteiger partial charge on any atom is -0.355 e. The van der Waals surface area contributed by atoms with Gasteiger partial charge in [-0.15, -0.1) is 0 Å². The molecule has 1 aliphatic rings. The highest BCUT2D eigenvalue weighted by Crippen LogP contribution is 2.23. The molecule has 0 bridgehead atoms. The summed E-state index contributed by atoms with van der Waals surface area (Å²) in [4.78, 5) is 17.6. The molecule has 0 aliphatic carbocycles. The summed E-state index contributed by atoms with van der Waals surface area (Å²) in [6.45, 7) is 2.47. The van der Waals surface area contributed by atoms with E-state index in [4.69, 9.17) is 0 Å². The molecule has 0 atom stereocenters. The predicted octanol–water partition coefficient (Wildman–Crippen LogP) is 1.21. The molecule has 6 heteroatoms. The molecule has 1 N–H and O–H groups in total. The maximum Gasteiger partial charge on any atom is 0.255 e. The van der Waals surface area contributed by atoms with Crippen molar-refractivity contribution in [3.05, 3.63) is 23.9 Å². The van der Waals surface area contributed by atoms with Crippen molar-refractivity contribution in [3.8, 4) is 0 Å². The van der Waals surface area contributed by atoms with E-state index in [0.29, 0.717) is 13.1 Å². The highest BCUT2D eigenvalue weighted by Gasteiger charge is 2.33. The van der Waals surface area contributed by atoms with Gasteiger partial charge < -0.3 is 10.2 Å². The first-order valence-electron chi connectivity index (χ1n) is 5.79. The molecule has 0 radical (unpaired) electrons. The van der Waals surface area contributed by atoms with Crippen LogP contribution < -0.4 is 10.2 Å². The third-order valence-corrected chi connectivity index (χ3v) is 2.91. The first-order chi connectivity index (χ1) is 8.56. The zero-order valence-corrected chi connectivity index (χ0v) is 10.1. The van der Waals surface area contributed by atoms with Crippen molar-refractivity contribution in [3.63, 3.8) is 0 Å². The van der Waals surface area contributed by atoms with Gasteiger partial charge in [-0.3, -0.25) is 4.79 Å². The molecule has 1 aromatic heterocycles. The van der Waals surface area contributed by atoms with Gasteiger partial charge in [-0.05, 0) is 24.6 Å². The second-order valence-corrected chi connectivity index (χ2v) is 4.43. The van der Waals surface area contributed by atoms with Gasteiger partial charge in [0.05, 0.1) is 12.5 Å². The zero-order chi connectivity index (χ0) is 13.1. The number of carbonyl (C=O) groups excluding carboxylic acids is 1. The van der Waals surface area contributed by atoms with E-state index in [-0.39, 0.29) is 11.8 Å². The Balaban J connectivity index is 1.81. The summed E-state index contributed by atoms with van der Waals surface area (Å²) < 4.78 is 23.9. The lowest BCUT2D eigenvalue weighted by Gasteiger charge is -2.39. The molecule has 0 spiro atoms. The van der Waals surface area contributed by atoms with E-state index in [1.807, 2.05) is 24.0 Å². The SMILES string of the molecule is Cc1ccnc(N2CC(C(=O)NCC(F)F)C2)c1. The number of halogens is 2. The molecular weight excluding hydrogens is 240 g/mol. The summed E-state index contributed by atoms with van der Waals surface area (Å²) in [5.74, 6) is 0.304. The third kappa shape index (κ3) is 2.94. The molecule has 2 rings (SSSR count). The Morgan fingerprint density at radius 3 is 2.94 bits per heavy atom. The van der Waals surface area contributed by atoms with Crippen LogP contribution in [0.3, 0.4) is 0 Å². The topological polar surface area (TPSA) is 45.2 Å². The summed E-state index contributed by atoms with van der Waals surface area (Å²) in [5.41, 5.74) is 1.10. The van der Waals surface area contributed by atoms with Gasteiger partial charge in [0.15, 0.2) is 0 Å². The summed E-state index contributed by atoms with van der Waals surface area (Å²) in [6, 6.07) is 3.84. The van der Waals surface area contributed by atoms with Crippen molar-refractivity contribution >= 4 is 11.7 Å². The minimum absolute atomic E-state index is 0.217. The van der Waals surface area contributed by atoms with E-state index in [0.717, 1.165) is 11.4 Å². The molecule has 1 aromatic rings. The number of carbonyl (C=O) groups is 1. The van der Waals surface area contributed by atoms with Crippen LogP contribution in [0.2, 0.25) is 0 Å². The Morgan fingerprint density at radius 2 is 2.33 bits per heavy atom. The largest absolute Gasteiger partial charge is 0.355 e. The lowest BCUT2D eigenvalue weighted by Crippen LogP contribution is -2.54. The Kier molecular flexibility index (Phi) is 3.74. The van der Waals surface area contributed by atoms with Crippen molar-refractivity contribution in [2.45, 2.75) is 13.3 Å². The molecule has 1 aliphatic heterocycles. The normalized spacial score (nSPS) is 15.7. The molecule has 18 heavy (non-hydrogen) atoms. The van der Waals surface area contributed by atoms with Crippen molar-refractivity contribution in [2.75, 3.05) is 24.5 Å². The number of nitrogens with zero attached hydrogens (tertiary/aromatic N) is 2. The van der Waals surface area contributed by atoms with Crippen LogP contribution in [0.1, 0.15) is 5.56 Å². The molecule has 1 fully saturated rings. The van der Waals surface area contributed by atoms with Gasteiger partial charge in [-0.2, -0.15) is 0 Å². The van der Waals surface area contributed by atoms with Crippen molar-refractivity contribution < 1.29 is 13.6 Å². The molecule has 0 unspecified atom stereocenters.